The second-order valence-electron chi connectivity index (χ2n) is 5.59. The van der Waals surface area contributed by atoms with E-state index < -0.39 is 11.4 Å². The molecule has 5 heteroatoms. The van der Waals surface area contributed by atoms with E-state index in [1.807, 2.05) is 32.9 Å². The van der Waals surface area contributed by atoms with Gasteiger partial charge in [0.1, 0.15) is 0 Å². The number of anilines is 1. The predicted octanol–water partition coefficient (Wildman–Crippen LogP) is 3.83. The molecule has 0 saturated carbocycles. The molecule has 1 unspecified atom stereocenters. The van der Waals surface area contributed by atoms with Crippen molar-refractivity contribution < 1.29 is 14.7 Å². The van der Waals surface area contributed by atoms with E-state index in [4.69, 9.17) is 0 Å². The molecule has 1 aromatic carbocycles. The summed E-state index contributed by atoms with van der Waals surface area (Å²) in [7, 11) is 0. The van der Waals surface area contributed by atoms with Crippen LogP contribution in [0.15, 0.2) is 22.7 Å². The Labute approximate surface area is 127 Å². The van der Waals surface area contributed by atoms with Crippen molar-refractivity contribution in [3.8, 4) is 0 Å². The molecule has 4 nitrogen and oxygen atoms in total. The molecule has 0 aromatic heterocycles. The molecular weight excluding hydrogens is 322 g/mol. The normalized spacial score (nSPS) is 13.9. The summed E-state index contributed by atoms with van der Waals surface area (Å²) in [6, 6.07) is 5.58. The van der Waals surface area contributed by atoms with Crippen LogP contribution in [-0.4, -0.2) is 17.0 Å². The lowest BCUT2D eigenvalue weighted by atomic mass is 9.76. The number of aryl methyl sites for hydroxylation is 1. The number of halogens is 1. The van der Waals surface area contributed by atoms with Crippen LogP contribution in [0.3, 0.4) is 0 Å². The molecule has 110 valence electrons. The van der Waals surface area contributed by atoms with E-state index in [9.17, 15) is 14.7 Å². The van der Waals surface area contributed by atoms with Crippen LogP contribution in [0.4, 0.5) is 5.69 Å². The van der Waals surface area contributed by atoms with Crippen molar-refractivity contribution in [3.05, 3.63) is 28.2 Å². The third-order valence-corrected chi connectivity index (χ3v) is 4.35. The maximum atomic E-state index is 12.1. The fraction of sp³-hybridized carbons (Fsp3) is 0.467. The Morgan fingerprint density at radius 3 is 2.45 bits per heavy atom. The maximum absolute atomic E-state index is 12.1. The smallest absolute Gasteiger partial charge is 0.310 e. The number of carbonyl (C=O) groups excluding carboxylic acids is 1. The first-order valence-electron chi connectivity index (χ1n) is 6.46. The van der Waals surface area contributed by atoms with Crippen LogP contribution in [0.25, 0.3) is 0 Å². The van der Waals surface area contributed by atoms with Gasteiger partial charge in [0.2, 0.25) is 5.91 Å². The second-order valence-corrected chi connectivity index (χ2v) is 6.44. The molecule has 0 fully saturated rings. The highest BCUT2D eigenvalue weighted by Gasteiger charge is 2.38. The van der Waals surface area contributed by atoms with E-state index in [1.165, 1.54) is 0 Å². The molecule has 0 aliphatic heterocycles. The topological polar surface area (TPSA) is 66.4 Å². The summed E-state index contributed by atoms with van der Waals surface area (Å²) in [6.45, 7) is 7.17. The van der Waals surface area contributed by atoms with Gasteiger partial charge in [-0.05, 0) is 53.4 Å². The molecular formula is C15H20BrNO3. The van der Waals surface area contributed by atoms with Gasteiger partial charge in [0.15, 0.2) is 0 Å². The van der Waals surface area contributed by atoms with Gasteiger partial charge >= 0.3 is 5.97 Å². The summed E-state index contributed by atoms with van der Waals surface area (Å²) >= 11 is 3.38. The van der Waals surface area contributed by atoms with Crippen molar-refractivity contribution >= 4 is 33.5 Å². The SMILES string of the molecule is Cc1ccc(NC(=O)CC(C)(C(=O)O)C(C)C)c(Br)c1. The monoisotopic (exact) mass is 341 g/mol. The molecule has 0 bridgehead atoms. The molecule has 1 aromatic rings. The quantitative estimate of drug-likeness (QED) is 0.855. The first-order chi connectivity index (χ1) is 9.16. The van der Waals surface area contributed by atoms with Gasteiger partial charge in [0, 0.05) is 10.9 Å². The summed E-state index contributed by atoms with van der Waals surface area (Å²) in [5.41, 5.74) is 0.658. The molecule has 0 aliphatic carbocycles. The molecule has 1 amide bonds. The molecule has 0 radical (unpaired) electrons. The Morgan fingerprint density at radius 1 is 1.40 bits per heavy atom. The summed E-state index contributed by atoms with van der Waals surface area (Å²) in [5, 5.41) is 12.1. The fourth-order valence-electron chi connectivity index (χ4n) is 1.78. The summed E-state index contributed by atoms with van der Waals surface area (Å²) < 4.78 is 0.785. The number of nitrogens with one attached hydrogen (secondary N) is 1. The lowest BCUT2D eigenvalue weighted by Gasteiger charge is -2.28. The molecule has 1 rings (SSSR count). The molecule has 0 heterocycles. The number of carboxylic acids is 1. The molecule has 1 atom stereocenters. The van der Waals surface area contributed by atoms with Crippen LogP contribution in [-0.2, 0) is 9.59 Å². The highest BCUT2D eigenvalue weighted by atomic mass is 79.9. The van der Waals surface area contributed by atoms with Gasteiger partial charge in [-0.15, -0.1) is 0 Å². The number of hydrogen-bond acceptors (Lipinski definition) is 2. The van der Waals surface area contributed by atoms with Gasteiger partial charge in [0.25, 0.3) is 0 Å². The first-order valence-corrected chi connectivity index (χ1v) is 7.25. The van der Waals surface area contributed by atoms with Crippen LogP contribution >= 0.6 is 15.9 Å². The minimum Gasteiger partial charge on any atom is -0.481 e. The van der Waals surface area contributed by atoms with E-state index in [-0.39, 0.29) is 18.2 Å². The van der Waals surface area contributed by atoms with Crippen molar-refractivity contribution in [1.82, 2.24) is 0 Å². The Balaban J connectivity index is 2.84. The minimum atomic E-state index is -1.07. The third-order valence-electron chi connectivity index (χ3n) is 3.69. The first kappa shape index (κ1) is 16.7. The van der Waals surface area contributed by atoms with Crippen molar-refractivity contribution in [3.63, 3.8) is 0 Å². The number of benzene rings is 1. The zero-order valence-corrected chi connectivity index (χ0v) is 13.7. The summed E-state index contributed by atoms with van der Waals surface area (Å²) in [5.74, 6) is -1.38. The molecule has 2 N–H and O–H groups in total. The third kappa shape index (κ3) is 3.82. The van der Waals surface area contributed by atoms with Crippen LogP contribution in [0.5, 0.6) is 0 Å². The van der Waals surface area contributed by atoms with Gasteiger partial charge in [-0.2, -0.15) is 0 Å². The zero-order chi connectivity index (χ0) is 15.5. The Kier molecular flexibility index (Phi) is 5.34. The highest BCUT2D eigenvalue weighted by Crippen LogP contribution is 2.32. The van der Waals surface area contributed by atoms with Gasteiger partial charge < -0.3 is 10.4 Å². The lowest BCUT2D eigenvalue weighted by Crippen LogP contribution is -2.37. The van der Waals surface area contributed by atoms with Crippen molar-refractivity contribution in [1.29, 1.82) is 0 Å². The zero-order valence-electron chi connectivity index (χ0n) is 12.2. The van der Waals surface area contributed by atoms with Crippen molar-refractivity contribution in [2.24, 2.45) is 11.3 Å². The number of hydrogen-bond donors (Lipinski definition) is 2. The Morgan fingerprint density at radius 2 is 2.00 bits per heavy atom. The second kappa shape index (κ2) is 6.39. The number of amides is 1. The van der Waals surface area contributed by atoms with Crippen LogP contribution in [0.1, 0.15) is 32.8 Å². The van der Waals surface area contributed by atoms with Gasteiger partial charge in [0.05, 0.1) is 11.1 Å². The fourth-order valence-corrected chi connectivity index (χ4v) is 2.37. The van der Waals surface area contributed by atoms with E-state index in [0.29, 0.717) is 5.69 Å². The van der Waals surface area contributed by atoms with Gasteiger partial charge in [-0.25, -0.2) is 0 Å². The molecule has 0 spiro atoms. The van der Waals surface area contributed by atoms with E-state index >= 15 is 0 Å². The van der Waals surface area contributed by atoms with E-state index in [2.05, 4.69) is 21.2 Å². The minimum absolute atomic E-state index is 0.0552. The van der Waals surface area contributed by atoms with Crippen LogP contribution < -0.4 is 5.32 Å². The maximum Gasteiger partial charge on any atom is 0.310 e. The van der Waals surface area contributed by atoms with Gasteiger partial charge in [-0.3, -0.25) is 9.59 Å². The van der Waals surface area contributed by atoms with Crippen LogP contribution in [0.2, 0.25) is 0 Å². The standard InChI is InChI=1S/C15H20BrNO3/c1-9(2)15(4,14(19)20)8-13(18)17-12-6-5-10(3)7-11(12)16/h5-7,9H,8H2,1-4H3,(H,17,18)(H,19,20). The number of aliphatic carboxylic acids is 1. The Hall–Kier alpha value is -1.36. The highest BCUT2D eigenvalue weighted by molar-refractivity contribution is 9.10. The predicted molar refractivity (Wildman–Crippen MR) is 82.7 cm³/mol. The average Bonchev–Trinajstić information content (AvgIpc) is 2.32. The summed E-state index contributed by atoms with van der Waals surface area (Å²) in [4.78, 5) is 23.5. The van der Waals surface area contributed by atoms with E-state index in [0.717, 1.165) is 10.0 Å². The molecule has 0 aliphatic rings. The number of carboxylic acid groups (broad SMARTS) is 1. The summed E-state index contributed by atoms with van der Waals surface area (Å²) in [6.07, 6.45) is -0.0552. The van der Waals surface area contributed by atoms with Crippen molar-refractivity contribution in [2.45, 2.75) is 34.1 Å². The Bertz CT molecular complexity index is 528. The largest absolute Gasteiger partial charge is 0.481 e. The molecule has 20 heavy (non-hydrogen) atoms. The van der Waals surface area contributed by atoms with Gasteiger partial charge in [-0.1, -0.05) is 19.9 Å². The number of carbonyl (C=O) groups is 2. The van der Waals surface area contributed by atoms with Crippen LogP contribution in [0, 0.1) is 18.3 Å². The lowest BCUT2D eigenvalue weighted by molar-refractivity contribution is -0.153. The van der Waals surface area contributed by atoms with Crippen molar-refractivity contribution in [2.75, 3.05) is 5.32 Å². The molecule has 0 saturated heterocycles. The number of rotatable bonds is 5. The average molecular weight is 342 g/mol. The van der Waals surface area contributed by atoms with E-state index in [1.54, 1.807) is 13.0 Å².